The maximum absolute atomic E-state index is 13.3. The second kappa shape index (κ2) is 3.81. The van der Waals surface area contributed by atoms with E-state index in [4.69, 9.17) is 15.4 Å². The normalized spacial score (nSPS) is 13.3. The number of fused-ring (bicyclic) bond motifs is 1. The Balaban J connectivity index is 2.23. The van der Waals surface area contributed by atoms with Crippen LogP contribution >= 0.6 is 0 Å². The Bertz CT molecular complexity index is 343. The fourth-order valence-electron chi connectivity index (χ4n) is 1.34. The summed E-state index contributed by atoms with van der Waals surface area (Å²) in [4.78, 5) is 4.41. The number of rotatable bonds is 3. The molecule has 2 rings (SSSR count). The van der Waals surface area contributed by atoms with Crippen molar-refractivity contribution >= 4 is 0 Å². The molecule has 5 heteroatoms. The average molecular weight is 199 g/mol. The number of benzene rings is 1. The molecule has 1 aliphatic rings. The van der Waals surface area contributed by atoms with Crippen LogP contribution in [-0.2, 0) is 11.3 Å². The molecule has 0 aromatic heterocycles. The van der Waals surface area contributed by atoms with Crippen LogP contribution in [0.5, 0.6) is 11.5 Å². The summed E-state index contributed by atoms with van der Waals surface area (Å²) in [5.74, 6) is 5.09. The highest BCUT2D eigenvalue weighted by atomic mass is 19.1. The minimum absolute atomic E-state index is 0.0725. The molecule has 0 unspecified atom stereocenters. The zero-order chi connectivity index (χ0) is 9.97. The van der Waals surface area contributed by atoms with Crippen LogP contribution in [0.1, 0.15) is 5.56 Å². The summed E-state index contributed by atoms with van der Waals surface area (Å²) in [6, 6.07) is 3.12. The highest BCUT2D eigenvalue weighted by Crippen LogP contribution is 2.35. The second-order valence-electron chi connectivity index (χ2n) is 2.93. The average Bonchev–Trinajstić information content (AvgIpc) is 2.63. The van der Waals surface area contributed by atoms with Crippen molar-refractivity contribution in [3.63, 3.8) is 0 Å². The van der Waals surface area contributed by atoms with E-state index in [0.717, 1.165) is 5.56 Å². The van der Waals surface area contributed by atoms with Crippen molar-refractivity contribution in [2.24, 2.45) is 5.90 Å². The van der Waals surface area contributed by atoms with E-state index in [1.54, 1.807) is 6.07 Å². The Morgan fingerprint density at radius 1 is 1.43 bits per heavy atom. The summed E-state index contributed by atoms with van der Waals surface area (Å²) in [5.41, 5.74) is 0.775. The number of halogens is 1. The van der Waals surface area contributed by atoms with Crippen LogP contribution < -0.4 is 15.4 Å². The fourth-order valence-corrected chi connectivity index (χ4v) is 1.34. The van der Waals surface area contributed by atoms with Crippen molar-refractivity contribution in [3.8, 4) is 11.5 Å². The fraction of sp³-hybridized carbons (Fsp3) is 0.333. The molecule has 0 amide bonds. The van der Waals surface area contributed by atoms with Gasteiger partial charge in [-0.15, -0.1) is 0 Å². The molecule has 0 aliphatic carbocycles. The molecule has 4 nitrogen and oxygen atoms in total. The van der Waals surface area contributed by atoms with Crippen molar-refractivity contribution < 1.29 is 18.7 Å². The van der Waals surface area contributed by atoms with Gasteiger partial charge in [-0.25, -0.2) is 10.3 Å². The molecule has 0 bridgehead atoms. The van der Waals surface area contributed by atoms with Crippen LogP contribution in [0.2, 0.25) is 0 Å². The van der Waals surface area contributed by atoms with E-state index < -0.39 is 5.82 Å². The Hall–Kier alpha value is -1.33. The summed E-state index contributed by atoms with van der Waals surface area (Å²) in [5, 5.41) is 0. The van der Waals surface area contributed by atoms with Gasteiger partial charge in [-0.2, -0.15) is 0 Å². The van der Waals surface area contributed by atoms with Crippen molar-refractivity contribution in [3.05, 3.63) is 23.5 Å². The summed E-state index contributed by atoms with van der Waals surface area (Å²) < 4.78 is 23.3. The lowest BCUT2D eigenvalue weighted by molar-refractivity contribution is 0.141. The largest absolute Gasteiger partial charge is 0.453 e. The van der Waals surface area contributed by atoms with E-state index in [-0.39, 0.29) is 12.5 Å². The van der Waals surface area contributed by atoms with Gasteiger partial charge >= 0.3 is 0 Å². The quantitative estimate of drug-likeness (QED) is 0.737. The van der Waals surface area contributed by atoms with Crippen LogP contribution in [0.4, 0.5) is 4.39 Å². The van der Waals surface area contributed by atoms with Gasteiger partial charge in [0.15, 0.2) is 11.6 Å². The molecule has 0 spiro atoms. The number of ether oxygens (including phenoxy) is 2. The summed E-state index contributed by atoms with van der Waals surface area (Å²) >= 11 is 0. The van der Waals surface area contributed by atoms with Crippen LogP contribution in [0.3, 0.4) is 0 Å². The van der Waals surface area contributed by atoms with Gasteiger partial charge in [-0.1, -0.05) is 0 Å². The third-order valence-electron chi connectivity index (χ3n) is 2.00. The molecular weight excluding hydrogens is 189 g/mol. The number of hydrogen-bond acceptors (Lipinski definition) is 4. The van der Waals surface area contributed by atoms with Crippen LogP contribution in [0.15, 0.2) is 12.1 Å². The van der Waals surface area contributed by atoms with E-state index >= 15 is 0 Å². The van der Waals surface area contributed by atoms with Gasteiger partial charge in [0.2, 0.25) is 12.5 Å². The van der Waals surface area contributed by atoms with Crippen LogP contribution in [-0.4, -0.2) is 13.4 Å². The van der Waals surface area contributed by atoms with Gasteiger partial charge in [0, 0.05) is 0 Å². The highest BCUT2D eigenvalue weighted by molar-refractivity contribution is 5.45. The van der Waals surface area contributed by atoms with Gasteiger partial charge in [-0.05, 0) is 24.1 Å². The molecule has 0 saturated heterocycles. The molecule has 1 aliphatic heterocycles. The van der Waals surface area contributed by atoms with E-state index in [2.05, 4.69) is 4.84 Å². The summed E-state index contributed by atoms with van der Waals surface area (Å²) in [6.45, 7) is 0.419. The number of nitrogens with two attached hydrogens (primary N) is 1. The lowest BCUT2D eigenvalue weighted by Crippen LogP contribution is -2.03. The third kappa shape index (κ3) is 1.64. The van der Waals surface area contributed by atoms with Gasteiger partial charge in [0.1, 0.15) is 0 Å². The predicted octanol–water partition coefficient (Wildman–Crippen LogP) is 0.987. The Morgan fingerprint density at radius 2 is 2.29 bits per heavy atom. The molecule has 2 N–H and O–H groups in total. The smallest absolute Gasteiger partial charge is 0.231 e. The summed E-state index contributed by atoms with van der Waals surface area (Å²) in [6.07, 6.45) is 0.546. The maximum atomic E-state index is 13.3. The van der Waals surface area contributed by atoms with Gasteiger partial charge in [-0.3, -0.25) is 0 Å². The van der Waals surface area contributed by atoms with Crippen molar-refractivity contribution in [2.45, 2.75) is 6.42 Å². The van der Waals surface area contributed by atoms with E-state index in [1.165, 1.54) is 6.07 Å². The molecular formula is C9H10FNO3. The van der Waals surface area contributed by atoms with Crippen molar-refractivity contribution in [1.82, 2.24) is 0 Å². The molecule has 14 heavy (non-hydrogen) atoms. The monoisotopic (exact) mass is 199 g/mol. The molecule has 1 heterocycles. The molecule has 1 aromatic rings. The molecule has 0 radical (unpaired) electrons. The topological polar surface area (TPSA) is 53.7 Å². The lowest BCUT2D eigenvalue weighted by atomic mass is 10.1. The first-order valence-electron chi connectivity index (χ1n) is 4.21. The van der Waals surface area contributed by atoms with Crippen molar-refractivity contribution in [1.29, 1.82) is 0 Å². The van der Waals surface area contributed by atoms with Gasteiger partial charge in [0.25, 0.3) is 0 Å². The number of hydrogen-bond donors (Lipinski definition) is 1. The van der Waals surface area contributed by atoms with Gasteiger partial charge < -0.3 is 14.3 Å². The molecule has 0 fully saturated rings. The standard InChI is InChI=1S/C9H10FNO3/c10-7-3-6(1-2-14-11)4-8-9(7)13-5-12-8/h3-4H,1-2,5,11H2. The van der Waals surface area contributed by atoms with E-state index in [0.29, 0.717) is 18.8 Å². The lowest BCUT2D eigenvalue weighted by Gasteiger charge is -2.03. The maximum Gasteiger partial charge on any atom is 0.231 e. The Morgan fingerprint density at radius 3 is 3.07 bits per heavy atom. The molecule has 76 valence electrons. The minimum atomic E-state index is -0.410. The zero-order valence-corrected chi connectivity index (χ0v) is 7.46. The van der Waals surface area contributed by atoms with Gasteiger partial charge in [0.05, 0.1) is 6.61 Å². The first kappa shape index (κ1) is 9.23. The zero-order valence-electron chi connectivity index (χ0n) is 7.46. The second-order valence-corrected chi connectivity index (χ2v) is 2.93. The first-order valence-corrected chi connectivity index (χ1v) is 4.21. The highest BCUT2D eigenvalue weighted by Gasteiger charge is 2.19. The minimum Gasteiger partial charge on any atom is -0.453 e. The van der Waals surface area contributed by atoms with E-state index in [1.807, 2.05) is 0 Å². The predicted molar refractivity (Wildman–Crippen MR) is 46.4 cm³/mol. The third-order valence-corrected chi connectivity index (χ3v) is 2.00. The van der Waals surface area contributed by atoms with Crippen LogP contribution in [0, 0.1) is 5.82 Å². The molecule has 1 aromatic carbocycles. The SMILES string of the molecule is NOCCc1cc(F)c2c(c1)OCO2. The van der Waals surface area contributed by atoms with Crippen LogP contribution in [0.25, 0.3) is 0 Å². The Labute approximate surface area is 80.3 Å². The van der Waals surface area contributed by atoms with E-state index in [9.17, 15) is 4.39 Å². The summed E-state index contributed by atoms with van der Waals surface area (Å²) in [7, 11) is 0. The first-order chi connectivity index (χ1) is 6.81. The molecule has 0 atom stereocenters. The van der Waals surface area contributed by atoms with Crippen molar-refractivity contribution in [2.75, 3.05) is 13.4 Å². The molecule has 0 saturated carbocycles. The Kier molecular flexibility index (Phi) is 2.51.